The first-order chi connectivity index (χ1) is 11.4. The van der Waals surface area contributed by atoms with Crippen molar-refractivity contribution in [3.63, 3.8) is 0 Å². The lowest BCUT2D eigenvalue weighted by Crippen LogP contribution is -2.25. The van der Waals surface area contributed by atoms with Crippen molar-refractivity contribution in [2.24, 2.45) is 0 Å². The maximum atomic E-state index is 10.8. The van der Waals surface area contributed by atoms with E-state index in [1.54, 1.807) is 45.2 Å². The first kappa shape index (κ1) is 16.8. The Bertz CT molecular complexity index is 755. The number of hydrogen-bond acceptors (Lipinski definition) is 6. The zero-order valence-corrected chi connectivity index (χ0v) is 14.2. The molecule has 0 amide bonds. The highest BCUT2D eigenvalue weighted by atomic mass is 16.7. The number of benzene rings is 2. The van der Waals surface area contributed by atoms with E-state index in [1.807, 2.05) is 0 Å². The lowest BCUT2D eigenvalue weighted by atomic mass is 9.98. The zero-order chi connectivity index (χ0) is 17.5. The van der Waals surface area contributed by atoms with Gasteiger partial charge in [0.1, 0.15) is 29.5 Å². The monoisotopic (exact) mass is 334 g/mol. The maximum Gasteiger partial charge on any atom is 0.163 e. The molecule has 1 aliphatic heterocycles. The third kappa shape index (κ3) is 2.77. The highest BCUT2D eigenvalue weighted by Gasteiger charge is 2.38. The molecule has 130 valence electrons. The van der Waals surface area contributed by atoms with E-state index in [9.17, 15) is 10.2 Å². The number of aliphatic hydroxyl groups excluding tert-OH is 1. The summed E-state index contributed by atoms with van der Waals surface area (Å²) in [5.41, 5.74) is 0.361. The van der Waals surface area contributed by atoms with E-state index in [-0.39, 0.29) is 12.4 Å². The Morgan fingerprint density at radius 1 is 1.12 bits per heavy atom. The van der Waals surface area contributed by atoms with Gasteiger partial charge in [-0.25, -0.2) is 0 Å². The quantitative estimate of drug-likeness (QED) is 0.895. The Morgan fingerprint density at radius 3 is 2.38 bits per heavy atom. The van der Waals surface area contributed by atoms with Crippen molar-refractivity contribution in [1.29, 1.82) is 0 Å². The molecule has 0 saturated carbocycles. The Labute approximate surface area is 140 Å². The van der Waals surface area contributed by atoms with Gasteiger partial charge in [0.25, 0.3) is 0 Å². The maximum absolute atomic E-state index is 10.8. The van der Waals surface area contributed by atoms with E-state index in [0.29, 0.717) is 27.8 Å². The number of phenolic OH excluding ortho intramolecular Hbond substituents is 1. The molecule has 0 spiro atoms. The average molecular weight is 334 g/mol. The van der Waals surface area contributed by atoms with E-state index in [4.69, 9.17) is 18.9 Å². The summed E-state index contributed by atoms with van der Waals surface area (Å²) in [7, 11) is 3.09. The van der Waals surface area contributed by atoms with Crippen LogP contribution >= 0.6 is 0 Å². The van der Waals surface area contributed by atoms with Gasteiger partial charge >= 0.3 is 0 Å². The highest BCUT2D eigenvalue weighted by molar-refractivity contribution is 5.98. The Balaban J connectivity index is 2.08. The molecule has 0 aromatic heterocycles. The smallest absolute Gasteiger partial charge is 0.163 e. The molecule has 0 bridgehead atoms. The molecular weight excluding hydrogens is 312 g/mol. The van der Waals surface area contributed by atoms with Crippen LogP contribution in [0.4, 0.5) is 0 Å². The lowest BCUT2D eigenvalue weighted by molar-refractivity contribution is -0.151. The molecule has 1 aliphatic rings. The highest BCUT2D eigenvalue weighted by Crippen LogP contribution is 2.43. The van der Waals surface area contributed by atoms with Crippen LogP contribution in [0.2, 0.25) is 0 Å². The largest absolute Gasteiger partial charge is 0.507 e. The molecule has 24 heavy (non-hydrogen) atoms. The van der Waals surface area contributed by atoms with E-state index in [2.05, 4.69) is 0 Å². The van der Waals surface area contributed by atoms with Crippen molar-refractivity contribution < 1.29 is 29.2 Å². The molecule has 2 aromatic carbocycles. The van der Waals surface area contributed by atoms with Crippen LogP contribution in [0.15, 0.2) is 24.3 Å². The van der Waals surface area contributed by atoms with Gasteiger partial charge in [-0.2, -0.15) is 0 Å². The molecule has 1 fully saturated rings. The molecule has 0 radical (unpaired) electrons. The number of methoxy groups -OCH3 is 2. The molecule has 6 heteroatoms. The number of phenols is 1. The fourth-order valence-corrected chi connectivity index (χ4v) is 3.04. The summed E-state index contributed by atoms with van der Waals surface area (Å²) in [6, 6.07) is 6.94. The van der Waals surface area contributed by atoms with Gasteiger partial charge in [0.05, 0.1) is 26.2 Å². The second kappa shape index (κ2) is 6.12. The lowest BCUT2D eigenvalue weighted by Gasteiger charge is -2.22. The summed E-state index contributed by atoms with van der Waals surface area (Å²) < 4.78 is 21.9. The fourth-order valence-electron chi connectivity index (χ4n) is 3.04. The van der Waals surface area contributed by atoms with E-state index in [0.717, 1.165) is 0 Å². The molecule has 0 unspecified atom stereocenters. The molecule has 0 aliphatic carbocycles. The van der Waals surface area contributed by atoms with Crippen LogP contribution in [-0.2, 0) is 9.47 Å². The van der Waals surface area contributed by atoms with Crippen molar-refractivity contribution >= 4 is 10.8 Å². The van der Waals surface area contributed by atoms with Gasteiger partial charge in [0.15, 0.2) is 5.79 Å². The van der Waals surface area contributed by atoms with Crippen LogP contribution in [-0.4, -0.2) is 42.9 Å². The van der Waals surface area contributed by atoms with E-state index >= 15 is 0 Å². The van der Waals surface area contributed by atoms with Gasteiger partial charge in [-0.3, -0.25) is 0 Å². The molecule has 2 aromatic rings. The van der Waals surface area contributed by atoms with Crippen molar-refractivity contribution in [3.05, 3.63) is 29.8 Å². The van der Waals surface area contributed by atoms with Gasteiger partial charge in [-0.05, 0) is 32.0 Å². The van der Waals surface area contributed by atoms with E-state index in [1.165, 1.54) is 7.11 Å². The molecular formula is C18H22O6. The molecule has 1 heterocycles. The Morgan fingerprint density at radius 2 is 1.79 bits per heavy atom. The minimum atomic E-state index is -1.02. The number of aliphatic hydroxyl groups is 1. The third-order valence-corrected chi connectivity index (χ3v) is 4.25. The Hall–Kier alpha value is -2.02. The van der Waals surface area contributed by atoms with Gasteiger partial charge in [-0.1, -0.05) is 6.07 Å². The van der Waals surface area contributed by atoms with Crippen LogP contribution in [0.3, 0.4) is 0 Å². The van der Waals surface area contributed by atoms with Crippen LogP contribution in [0.1, 0.15) is 25.5 Å². The summed E-state index contributed by atoms with van der Waals surface area (Å²) in [6.45, 7) is 3.82. The number of rotatable bonds is 4. The predicted molar refractivity (Wildman–Crippen MR) is 88.6 cm³/mol. The van der Waals surface area contributed by atoms with Crippen LogP contribution in [0.25, 0.3) is 10.8 Å². The number of fused-ring (bicyclic) bond motifs is 1. The molecule has 3 rings (SSSR count). The topological polar surface area (TPSA) is 77.4 Å². The van der Waals surface area contributed by atoms with Gasteiger partial charge in [0, 0.05) is 10.9 Å². The minimum Gasteiger partial charge on any atom is -0.507 e. The van der Waals surface area contributed by atoms with Crippen molar-refractivity contribution in [2.45, 2.75) is 31.8 Å². The molecule has 2 atom stereocenters. The summed E-state index contributed by atoms with van der Waals surface area (Å²) in [5, 5.41) is 22.6. The van der Waals surface area contributed by atoms with E-state index < -0.39 is 18.0 Å². The average Bonchev–Trinajstić information content (AvgIpc) is 2.93. The van der Waals surface area contributed by atoms with Crippen LogP contribution in [0.5, 0.6) is 17.2 Å². The SMILES string of the molecule is COc1ccc(OC)c2c(O)c([C@H](O)[C@H]3COC(C)(C)O3)ccc12. The Kier molecular flexibility index (Phi) is 4.29. The molecule has 2 N–H and O–H groups in total. The second-order valence-electron chi connectivity index (χ2n) is 6.21. The first-order valence-electron chi connectivity index (χ1n) is 7.74. The van der Waals surface area contributed by atoms with Gasteiger partial charge in [-0.15, -0.1) is 0 Å². The summed E-state index contributed by atoms with van der Waals surface area (Å²) in [4.78, 5) is 0. The standard InChI is InChI=1S/C18H22O6/c1-18(2)23-9-14(24-18)16(19)11-6-5-10-12(21-3)7-8-13(22-4)15(10)17(11)20/h5-8,14,16,19-20H,9H2,1-4H3/t14-,16+/m1/s1. The minimum absolute atomic E-state index is 0.0518. The number of aromatic hydroxyl groups is 1. The summed E-state index contributed by atoms with van der Waals surface area (Å²) >= 11 is 0. The van der Waals surface area contributed by atoms with Crippen LogP contribution in [0, 0.1) is 0 Å². The fraction of sp³-hybridized carbons (Fsp3) is 0.444. The normalized spacial score (nSPS) is 21.0. The van der Waals surface area contributed by atoms with Crippen molar-refractivity contribution in [2.75, 3.05) is 20.8 Å². The van der Waals surface area contributed by atoms with Gasteiger partial charge < -0.3 is 29.2 Å². The van der Waals surface area contributed by atoms with Crippen LogP contribution < -0.4 is 9.47 Å². The van der Waals surface area contributed by atoms with Gasteiger partial charge in [0.2, 0.25) is 0 Å². The first-order valence-corrected chi connectivity index (χ1v) is 7.74. The summed E-state index contributed by atoms with van der Waals surface area (Å²) in [5.74, 6) is 0.313. The number of hydrogen-bond donors (Lipinski definition) is 2. The van der Waals surface area contributed by atoms with Crippen molar-refractivity contribution in [3.8, 4) is 17.2 Å². The summed E-state index contributed by atoms with van der Waals surface area (Å²) in [6.07, 6.45) is -1.58. The predicted octanol–water partition coefficient (Wildman–Crippen LogP) is 2.75. The number of ether oxygens (including phenoxy) is 4. The second-order valence-corrected chi connectivity index (χ2v) is 6.21. The third-order valence-electron chi connectivity index (χ3n) is 4.25. The molecule has 6 nitrogen and oxygen atoms in total. The molecule has 1 saturated heterocycles. The zero-order valence-electron chi connectivity index (χ0n) is 14.2. The van der Waals surface area contributed by atoms with Crippen molar-refractivity contribution in [1.82, 2.24) is 0 Å².